The van der Waals surface area contributed by atoms with Gasteiger partial charge in [-0.2, -0.15) is 0 Å². The van der Waals surface area contributed by atoms with E-state index in [0.29, 0.717) is 5.41 Å². The topological polar surface area (TPSA) is 0 Å². The summed E-state index contributed by atoms with van der Waals surface area (Å²) in [5.41, 5.74) is 0.371. The van der Waals surface area contributed by atoms with Crippen molar-refractivity contribution in [2.75, 3.05) is 5.88 Å². The highest BCUT2D eigenvalue weighted by molar-refractivity contribution is 6.18. The first-order valence-corrected chi connectivity index (χ1v) is 6.71. The highest BCUT2D eigenvalue weighted by atomic mass is 35.5. The first-order chi connectivity index (χ1) is 6.61. The third-order valence-electron chi connectivity index (χ3n) is 3.50. The van der Waals surface area contributed by atoms with Gasteiger partial charge in [-0.3, -0.25) is 0 Å². The number of hydrogen-bond acceptors (Lipinski definition) is 0. The smallest absolute Gasteiger partial charge is 0.0277 e. The Morgan fingerprint density at radius 2 is 1.86 bits per heavy atom. The molecule has 0 spiro atoms. The van der Waals surface area contributed by atoms with Crippen LogP contribution in [-0.2, 0) is 0 Å². The largest absolute Gasteiger partial charge is 0.126 e. The molecule has 0 aliphatic heterocycles. The van der Waals surface area contributed by atoms with Crippen molar-refractivity contribution in [3.05, 3.63) is 0 Å². The molecule has 0 nitrogen and oxygen atoms in total. The summed E-state index contributed by atoms with van der Waals surface area (Å²) in [6.45, 7) is 9.17. The molecule has 0 radical (unpaired) electrons. The standard InChI is InChI=1S/C13H27Cl/c1-5-8-9-12(6-2)10-13(4,7-3)11-14/h12H,5-11H2,1-4H3. The van der Waals surface area contributed by atoms with Gasteiger partial charge in [0, 0.05) is 5.88 Å². The van der Waals surface area contributed by atoms with Crippen LogP contribution in [0.1, 0.15) is 66.2 Å². The molecule has 2 atom stereocenters. The normalized spacial score (nSPS) is 17.8. The Kier molecular flexibility index (Phi) is 7.72. The fourth-order valence-corrected chi connectivity index (χ4v) is 2.23. The van der Waals surface area contributed by atoms with Gasteiger partial charge in [-0.05, 0) is 24.2 Å². The zero-order valence-corrected chi connectivity index (χ0v) is 11.2. The molecule has 0 fully saturated rings. The van der Waals surface area contributed by atoms with E-state index in [-0.39, 0.29) is 0 Å². The van der Waals surface area contributed by atoms with E-state index in [4.69, 9.17) is 11.6 Å². The second-order valence-electron chi connectivity index (χ2n) is 4.92. The third-order valence-corrected chi connectivity index (χ3v) is 4.15. The van der Waals surface area contributed by atoms with Crippen molar-refractivity contribution >= 4 is 11.6 Å². The molecule has 0 aliphatic carbocycles. The summed E-state index contributed by atoms with van der Waals surface area (Å²) in [7, 11) is 0. The molecule has 0 aromatic heterocycles. The van der Waals surface area contributed by atoms with Crippen LogP contribution in [0.4, 0.5) is 0 Å². The Morgan fingerprint density at radius 1 is 1.21 bits per heavy atom. The summed E-state index contributed by atoms with van der Waals surface area (Å²) in [5, 5.41) is 0. The van der Waals surface area contributed by atoms with Gasteiger partial charge in [0.15, 0.2) is 0 Å². The van der Waals surface area contributed by atoms with E-state index in [1.165, 1.54) is 38.5 Å². The fraction of sp³-hybridized carbons (Fsp3) is 1.00. The van der Waals surface area contributed by atoms with Crippen LogP contribution in [0.2, 0.25) is 0 Å². The molecule has 0 saturated heterocycles. The van der Waals surface area contributed by atoms with Gasteiger partial charge in [-0.25, -0.2) is 0 Å². The van der Waals surface area contributed by atoms with Crippen molar-refractivity contribution in [3.63, 3.8) is 0 Å². The Bertz CT molecular complexity index is 127. The van der Waals surface area contributed by atoms with Crippen LogP contribution in [0.25, 0.3) is 0 Å². The van der Waals surface area contributed by atoms with Crippen LogP contribution >= 0.6 is 11.6 Å². The van der Waals surface area contributed by atoms with Crippen LogP contribution in [0.15, 0.2) is 0 Å². The van der Waals surface area contributed by atoms with E-state index in [2.05, 4.69) is 27.7 Å². The molecule has 0 amide bonds. The molecule has 0 bridgehead atoms. The third kappa shape index (κ3) is 5.24. The molecule has 0 saturated carbocycles. The van der Waals surface area contributed by atoms with Crippen molar-refractivity contribution in [2.45, 2.75) is 66.2 Å². The lowest BCUT2D eigenvalue weighted by Gasteiger charge is -2.30. The van der Waals surface area contributed by atoms with Crippen molar-refractivity contribution < 1.29 is 0 Å². The first kappa shape index (κ1) is 14.3. The summed E-state index contributed by atoms with van der Waals surface area (Å²) >= 11 is 6.04. The Labute approximate surface area is 95.4 Å². The second kappa shape index (κ2) is 7.56. The zero-order chi connectivity index (χ0) is 11.0. The van der Waals surface area contributed by atoms with Gasteiger partial charge >= 0.3 is 0 Å². The molecule has 0 aliphatic rings. The van der Waals surface area contributed by atoms with Gasteiger partial charge in [-0.1, -0.05) is 53.4 Å². The van der Waals surface area contributed by atoms with Crippen molar-refractivity contribution in [1.29, 1.82) is 0 Å². The van der Waals surface area contributed by atoms with Gasteiger partial charge in [0.25, 0.3) is 0 Å². The van der Waals surface area contributed by atoms with Gasteiger partial charge in [0.05, 0.1) is 0 Å². The van der Waals surface area contributed by atoms with Crippen molar-refractivity contribution in [1.82, 2.24) is 0 Å². The SMILES string of the molecule is CCCCC(CC)CC(C)(CC)CCl. The highest BCUT2D eigenvalue weighted by Crippen LogP contribution is 2.34. The highest BCUT2D eigenvalue weighted by Gasteiger charge is 2.24. The molecule has 2 unspecified atom stereocenters. The minimum absolute atomic E-state index is 0.371. The summed E-state index contributed by atoms with van der Waals surface area (Å²) in [6.07, 6.45) is 7.91. The summed E-state index contributed by atoms with van der Waals surface area (Å²) < 4.78 is 0. The lowest BCUT2D eigenvalue weighted by molar-refractivity contribution is 0.244. The average molecular weight is 219 g/mol. The molecule has 0 rings (SSSR count). The van der Waals surface area contributed by atoms with Gasteiger partial charge in [0.2, 0.25) is 0 Å². The molecule has 0 aromatic carbocycles. The molecule has 1 heteroatoms. The Balaban J connectivity index is 4.00. The molecular weight excluding hydrogens is 192 g/mol. The predicted octanol–water partition coefficient (Wildman–Crippen LogP) is 5.25. The van der Waals surface area contributed by atoms with Gasteiger partial charge < -0.3 is 0 Å². The monoisotopic (exact) mass is 218 g/mol. The fourth-order valence-electron chi connectivity index (χ4n) is 1.93. The Hall–Kier alpha value is 0.290. The summed E-state index contributed by atoms with van der Waals surface area (Å²) in [6, 6.07) is 0. The van der Waals surface area contributed by atoms with Crippen molar-refractivity contribution in [3.8, 4) is 0 Å². The number of alkyl halides is 1. The second-order valence-corrected chi connectivity index (χ2v) is 5.19. The maximum Gasteiger partial charge on any atom is 0.0277 e. The van der Waals surface area contributed by atoms with E-state index in [9.17, 15) is 0 Å². The van der Waals surface area contributed by atoms with E-state index >= 15 is 0 Å². The zero-order valence-electron chi connectivity index (χ0n) is 10.4. The first-order valence-electron chi connectivity index (χ1n) is 6.17. The maximum absolute atomic E-state index is 6.04. The number of halogens is 1. The number of rotatable bonds is 8. The quantitative estimate of drug-likeness (QED) is 0.489. The van der Waals surface area contributed by atoms with Crippen LogP contribution in [0.5, 0.6) is 0 Å². The predicted molar refractivity (Wildman–Crippen MR) is 67.0 cm³/mol. The lowest BCUT2D eigenvalue weighted by Crippen LogP contribution is -2.21. The molecule has 0 aromatic rings. The van der Waals surface area contributed by atoms with Crippen LogP contribution < -0.4 is 0 Å². The van der Waals surface area contributed by atoms with Crippen LogP contribution in [-0.4, -0.2) is 5.88 Å². The summed E-state index contributed by atoms with van der Waals surface area (Å²) in [5.74, 6) is 1.70. The Morgan fingerprint density at radius 3 is 2.21 bits per heavy atom. The maximum atomic E-state index is 6.04. The van der Waals surface area contributed by atoms with Gasteiger partial charge in [-0.15, -0.1) is 11.6 Å². The number of hydrogen-bond donors (Lipinski definition) is 0. The molecule has 0 heterocycles. The van der Waals surface area contributed by atoms with Crippen molar-refractivity contribution in [2.24, 2.45) is 11.3 Å². The van der Waals surface area contributed by atoms with E-state index < -0.39 is 0 Å². The van der Waals surface area contributed by atoms with E-state index in [1.807, 2.05) is 0 Å². The van der Waals surface area contributed by atoms with E-state index in [1.54, 1.807) is 0 Å². The molecule has 0 N–H and O–H groups in total. The van der Waals surface area contributed by atoms with Gasteiger partial charge in [0.1, 0.15) is 0 Å². The minimum Gasteiger partial charge on any atom is -0.126 e. The number of unbranched alkanes of at least 4 members (excludes halogenated alkanes) is 1. The summed E-state index contributed by atoms with van der Waals surface area (Å²) in [4.78, 5) is 0. The molecule has 86 valence electrons. The molecular formula is C13H27Cl. The minimum atomic E-state index is 0.371. The molecule has 14 heavy (non-hydrogen) atoms. The average Bonchev–Trinajstić information content (AvgIpc) is 2.23. The lowest BCUT2D eigenvalue weighted by atomic mass is 9.78. The van der Waals surface area contributed by atoms with Crippen LogP contribution in [0.3, 0.4) is 0 Å². The van der Waals surface area contributed by atoms with E-state index in [0.717, 1.165) is 11.8 Å². The van der Waals surface area contributed by atoms with Crippen LogP contribution in [0, 0.1) is 11.3 Å².